The van der Waals surface area contributed by atoms with Crippen LogP contribution in [0.1, 0.15) is 65.7 Å². The molecule has 0 N–H and O–H groups in total. The molecule has 0 fully saturated rings. The minimum Gasteiger partial charge on any atom is -0.134 e. The Kier molecular flexibility index (Phi) is 5.90. The first kappa shape index (κ1) is 13.2. The van der Waals surface area contributed by atoms with Gasteiger partial charge in [-0.2, -0.15) is 0 Å². The molecule has 0 aromatic rings. The van der Waals surface area contributed by atoms with Crippen LogP contribution in [0.25, 0.3) is 0 Å². The van der Waals surface area contributed by atoms with Crippen molar-refractivity contribution in [1.29, 1.82) is 0 Å². The van der Waals surface area contributed by atoms with Crippen molar-refractivity contribution in [2.45, 2.75) is 71.4 Å². The number of rotatable bonds is 3. The maximum Gasteiger partial charge on any atom is -0.0229 e. The molecule has 0 heterocycles. The SMILES string of the molecule is CCC(P)C/C1=C(\C)C(C)CCCCC1. The molecule has 0 bridgehead atoms. The minimum absolute atomic E-state index is 0.793. The molecule has 0 aliphatic heterocycles. The molecule has 88 valence electrons. The zero-order valence-electron chi connectivity index (χ0n) is 10.7. The molecular formula is C14H27P. The highest BCUT2D eigenvalue weighted by atomic mass is 31.0. The molecule has 15 heavy (non-hydrogen) atoms. The number of allylic oxidation sites excluding steroid dienone is 2. The van der Waals surface area contributed by atoms with Crippen LogP contribution in [0.15, 0.2) is 11.1 Å². The molecule has 1 aliphatic rings. The van der Waals surface area contributed by atoms with E-state index in [0.717, 1.165) is 11.6 Å². The molecule has 0 radical (unpaired) electrons. The Balaban J connectivity index is 2.69. The zero-order chi connectivity index (χ0) is 11.3. The number of hydrogen-bond acceptors (Lipinski definition) is 0. The van der Waals surface area contributed by atoms with E-state index in [1.165, 1.54) is 44.9 Å². The van der Waals surface area contributed by atoms with Gasteiger partial charge in [-0.15, -0.1) is 9.24 Å². The predicted molar refractivity (Wildman–Crippen MR) is 73.4 cm³/mol. The van der Waals surface area contributed by atoms with Crippen LogP contribution in [0.4, 0.5) is 0 Å². The molecule has 1 aliphatic carbocycles. The Bertz CT molecular complexity index is 217. The largest absolute Gasteiger partial charge is 0.134 e. The summed E-state index contributed by atoms with van der Waals surface area (Å²) < 4.78 is 0. The van der Waals surface area contributed by atoms with E-state index >= 15 is 0 Å². The third-order valence-electron chi connectivity index (χ3n) is 3.95. The van der Waals surface area contributed by atoms with Gasteiger partial charge in [0.2, 0.25) is 0 Å². The van der Waals surface area contributed by atoms with Gasteiger partial charge in [-0.3, -0.25) is 0 Å². The highest BCUT2D eigenvalue weighted by molar-refractivity contribution is 7.17. The van der Waals surface area contributed by atoms with Gasteiger partial charge in [-0.25, -0.2) is 0 Å². The zero-order valence-corrected chi connectivity index (χ0v) is 11.8. The van der Waals surface area contributed by atoms with Gasteiger partial charge in [0.15, 0.2) is 0 Å². The lowest BCUT2D eigenvalue weighted by atomic mass is 9.85. The summed E-state index contributed by atoms with van der Waals surface area (Å²) in [4.78, 5) is 0. The molecule has 0 aromatic heterocycles. The summed E-state index contributed by atoms with van der Waals surface area (Å²) in [5.74, 6) is 0.828. The molecule has 3 unspecified atom stereocenters. The van der Waals surface area contributed by atoms with Gasteiger partial charge >= 0.3 is 0 Å². The van der Waals surface area contributed by atoms with Crippen molar-refractivity contribution < 1.29 is 0 Å². The van der Waals surface area contributed by atoms with Gasteiger partial charge in [-0.05, 0) is 50.6 Å². The van der Waals surface area contributed by atoms with Gasteiger partial charge in [0.05, 0.1) is 0 Å². The van der Waals surface area contributed by atoms with Crippen molar-refractivity contribution in [1.82, 2.24) is 0 Å². The summed E-state index contributed by atoms with van der Waals surface area (Å²) >= 11 is 0. The summed E-state index contributed by atoms with van der Waals surface area (Å²) in [5, 5.41) is 0. The molecule has 0 spiro atoms. The normalized spacial score (nSPS) is 30.8. The van der Waals surface area contributed by atoms with Crippen molar-refractivity contribution in [3.8, 4) is 0 Å². The van der Waals surface area contributed by atoms with Gasteiger partial charge in [0, 0.05) is 0 Å². The molecule has 0 saturated carbocycles. The van der Waals surface area contributed by atoms with Gasteiger partial charge < -0.3 is 0 Å². The van der Waals surface area contributed by atoms with E-state index in [0.29, 0.717) is 0 Å². The molecule has 1 heteroatoms. The second-order valence-electron chi connectivity index (χ2n) is 5.16. The first-order chi connectivity index (χ1) is 7.15. The van der Waals surface area contributed by atoms with Crippen LogP contribution in [0.2, 0.25) is 0 Å². The van der Waals surface area contributed by atoms with Crippen molar-refractivity contribution >= 4 is 9.24 Å². The van der Waals surface area contributed by atoms with Crippen LogP contribution in [0.5, 0.6) is 0 Å². The van der Waals surface area contributed by atoms with Crippen molar-refractivity contribution in [3.63, 3.8) is 0 Å². The molecule has 0 aromatic carbocycles. The van der Waals surface area contributed by atoms with Crippen molar-refractivity contribution in [2.75, 3.05) is 0 Å². The quantitative estimate of drug-likeness (QED) is 0.472. The van der Waals surface area contributed by atoms with Crippen LogP contribution in [0.3, 0.4) is 0 Å². The lowest BCUT2D eigenvalue weighted by Crippen LogP contribution is -2.07. The lowest BCUT2D eigenvalue weighted by molar-refractivity contribution is 0.511. The fraction of sp³-hybridized carbons (Fsp3) is 0.857. The van der Waals surface area contributed by atoms with E-state index < -0.39 is 0 Å². The van der Waals surface area contributed by atoms with Gasteiger partial charge in [-0.1, -0.05) is 37.8 Å². The maximum absolute atomic E-state index is 3.01. The van der Waals surface area contributed by atoms with Gasteiger partial charge in [0.25, 0.3) is 0 Å². The topological polar surface area (TPSA) is 0 Å². The Morgan fingerprint density at radius 1 is 1.33 bits per heavy atom. The maximum atomic E-state index is 3.01. The first-order valence-corrected chi connectivity index (χ1v) is 7.25. The second-order valence-corrected chi connectivity index (χ2v) is 6.10. The molecule has 0 amide bonds. The van der Waals surface area contributed by atoms with Crippen molar-refractivity contribution in [3.05, 3.63) is 11.1 Å². The molecule has 0 saturated heterocycles. The van der Waals surface area contributed by atoms with Crippen LogP contribution in [-0.2, 0) is 0 Å². The van der Waals surface area contributed by atoms with E-state index in [1.54, 1.807) is 11.1 Å². The Hall–Kier alpha value is 0.170. The molecule has 3 atom stereocenters. The third-order valence-corrected chi connectivity index (χ3v) is 4.65. The van der Waals surface area contributed by atoms with Crippen LogP contribution < -0.4 is 0 Å². The monoisotopic (exact) mass is 226 g/mol. The van der Waals surface area contributed by atoms with Crippen LogP contribution >= 0.6 is 9.24 Å². The van der Waals surface area contributed by atoms with Gasteiger partial charge in [0.1, 0.15) is 0 Å². The summed E-state index contributed by atoms with van der Waals surface area (Å²) in [6, 6.07) is 0. The van der Waals surface area contributed by atoms with E-state index in [-0.39, 0.29) is 0 Å². The Labute approximate surface area is 98.1 Å². The first-order valence-electron chi connectivity index (χ1n) is 6.59. The summed E-state index contributed by atoms with van der Waals surface area (Å²) in [7, 11) is 3.01. The number of hydrogen-bond donors (Lipinski definition) is 0. The van der Waals surface area contributed by atoms with Crippen LogP contribution in [-0.4, -0.2) is 5.66 Å². The molecule has 0 nitrogen and oxygen atoms in total. The fourth-order valence-corrected chi connectivity index (χ4v) is 2.74. The summed E-state index contributed by atoms with van der Waals surface area (Å²) in [6.07, 6.45) is 9.66. The highest BCUT2D eigenvalue weighted by Crippen LogP contribution is 2.31. The third kappa shape index (κ3) is 4.27. The lowest BCUT2D eigenvalue weighted by Gasteiger charge is -2.23. The minimum atomic E-state index is 0.793. The van der Waals surface area contributed by atoms with E-state index in [9.17, 15) is 0 Å². The standard InChI is InChI=1S/C14H27P/c1-4-14(15)10-13-9-7-5-6-8-11(2)12(13)3/h11,14H,4-10,15H2,1-3H3/b13-12+. The van der Waals surface area contributed by atoms with Crippen LogP contribution in [0, 0.1) is 5.92 Å². The molecule has 1 rings (SSSR count). The average molecular weight is 226 g/mol. The van der Waals surface area contributed by atoms with Crippen molar-refractivity contribution in [2.24, 2.45) is 5.92 Å². The van der Waals surface area contributed by atoms with E-state index in [4.69, 9.17) is 0 Å². The highest BCUT2D eigenvalue weighted by Gasteiger charge is 2.14. The Morgan fingerprint density at radius 2 is 2.07 bits per heavy atom. The molecular weight excluding hydrogens is 199 g/mol. The van der Waals surface area contributed by atoms with E-state index in [1.807, 2.05) is 0 Å². The summed E-state index contributed by atoms with van der Waals surface area (Å²) in [6.45, 7) is 7.07. The fourth-order valence-electron chi connectivity index (χ4n) is 2.45. The predicted octanol–water partition coefficient (Wildman–Crippen LogP) is 4.95. The smallest absolute Gasteiger partial charge is 0.0229 e. The Morgan fingerprint density at radius 3 is 2.73 bits per heavy atom. The second kappa shape index (κ2) is 6.69. The average Bonchev–Trinajstić information content (AvgIpc) is 2.23. The summed E-state index contributed by atoms with van der Waals surface area (Å²) in [5.41, 5.74) is 4.27. The van der Waals surface area contributed by atoms with E-state index in [2.05, 4.69) is 30.0 Å².